The third kappa shape index (κ3) is 4.75. The second-order valence-corrected chi connectivity index (χ2v) is 6.89. The maximum atomic E-state index is 13.5. The maximum absolute atomic E-state index is 13.5. The molecule has 18 heteroatoms. The number of alkyl halides is 9. The molecule has 1 aromatic rings. The zero-order chi connectivity index (χ0) is 25.6. The first-order valence-electron chi connectivity index (χ1n) is 8.63. The summed E-state index contributed by atoms with van der Waals surface area (Å²) in [6, 6.07) is 0. The molecule has 1 aromatic heterocycles. The summed E-state index contributed by atoms with van der Waals surface area (Å²) in [7, 11) is 0. The van der Waals surface area contributed by atoms with Crippen molar-refractivity contribution >= 4 is 0 Å². The van der Waals surface area contributed by atoms with Gasteiger partial charge in [0.05, 0.1) is 18.8 Å². The second kappa shape index (κ2) is 8.90. The molecule has 0 saturated carbocycles. The number of aliphatic hydroxyl groups excluding tert-OH is 3. The highest BCUT2D eigenvalue weighted by molar-refractivity contribution is 5.06. The van der Waals surface area contributed by atoms with Crippen LogP contribution in [0, 0.1) is 0 Å². The summed E-state index contributed by atoms with van der Waals surface area (Å²) in [5, 5.41) is 28.6. The smallest absolute Gasteiger partial charge is 0.394 e. The third-order valence-electron chi connectivity index (χ3n) is 4.58. The van der Waals surface area contributed by atoms with Gasteiger partial charge in [-0.15, -0.1) is 0 Å². The van der Waals surface area contributed by atoms with Crippen LogP contribution in [-0.4, -0.2) is 80.3 Å². The molecule has 0 amide bonds. The highest BCUT2D eigenvalue weighted by atomic mass is 19.4. The van der Waals surface area contributed by atoms with Gasteiger partial charge in [-0.05, 0) is 0 Å². The van der Waals surface area contributed by atoms with Crippen LogP contribution in [-0.2, 0) is 16.1 Å². The summed E-state index contributed by atoms with van der Waals surface area (Å²) in [5.74, 6) is -20.1. The van der Waals surface area contributed by atoms with E-state index >= 15 is 0 Å². The Morgan fingerprint density at radius 2 is 1.58 bits per heavy atom. The molecule has 1 aliphatic rings. The van der Waals surface area contributed by atoms with E-state index < -0.39 is 85.1 Å². The van der Waals surface area contributed by atoms with Gasteiger partial charge < -0.3 is 24.8 Å². The van der Waals surface area contributed by atoms with Crippen LogP contribution in [0.2, 0.25) is 0 Å². The van der Waals surface area contributed by atoms with Crippen LogP contribution in [0.25, 0.3) is 0 Å². The van der Waals surface area contributed by atoms with Crippen LogP contribution >= 0.6 is 0 Å². The summed E-state index contributed by atoms with van der Waals surface area (Å²) in [6.07, 6.45) is -13.1. The molecule has 1 saturated heterocycles. The van der Waals surface area contributed by atoms with Gasteiger partial charge in [-0.3, -0.25) is 14.3 Å². The molecule has 0 radical (unpaired) electrons. The molecule has 0 unspecified atom stereocenters. The number of H-pyrrole nitrogens is 1. The third-order valence-corrected chi connectivity index (χ3v) is 4.58. The van der Waals surface area contributed by atoms with Gasteiger partial charge in [-0.25, -0.2) is 4.79 Å². The average molecular weight is 506 g/mol. The van der Waals surface area contributed by atoms with E-state index in [1.807, 2.05) is 0 Å². The second-order valence-electron chi connectivity index (χ2n) is 6.89. The van der Waals surface area contributed by atoms with Crippen molar-refractivity contribution in [1.82, 2.24) is 9.55 Å². The van der Waals surface area contributed by atoms with Gasteiger partial charge in [-0.1, -0.05) is 0 Å². The largest absolute Gasteiger partial charge is 0.460 e. The lowest BCUT2D eigenvalue weighted by Crippen LogP contribution is -2.62. The zero-order valence-corrected chi connectivity index (χ0v) is 15.8. The number of hydrogen-bond acceptors (Lipinski definition) is 7. The van der Waals surface area contributed by atoms with Crippen molar-refractivity contribution in [3.05, 3.63) is 32.6 Å². The van der Waals surface area contributed by atoms with Gasteiger partial charge in [0, 0.05) is 6.20 Å². The summed E-state index contributed by atoms with van der Waals surface area (Å²) in [4.78, 5) is 25.3. The number of aliphatic hydroxyl groups is 3. The van der Waals surface area contributed by atoms with Crippen LogP contribution in [0.3, 0.4) is 0 Å². The molecule has 0 spiro atoms. The Kier molecular flexibility index (Phi) is 7.30. The lowest BCUT2D eigenvalue weighted by Gasteiger charge is -2.33. The normalized spacial score (nSPS) is 25.0. The number of halogens is 9. The number of hydrogen-bond donors (Lipinski definition) is 4. The van der Waals surface area contributed by atoms with Gasteiger partial charge in [0.2, 0.25) is 0 Å². The molecule has 4 N–H and O–H groups in total. The van der Waals surface area contributed by atoms with E-state index in [9.17, 15) is 59.3 Å². The van der Waals surface area contributed by atoms with Gasteiger partial charge in [0.1, 0.15) is 24.9 Å². The molecule has 2 heterocycles. The predicted molar refractivity (Wildman–Crippen MR) is 84.9 cm³/mol. The van der Waals surface area contributed by atoms with Gasteiger partial charge >= 0.3 is 29.6 Å². The fourth-order valence-electron chi connectivity index (χ4n) is 2.72. The first-order chi connectivity index (χ1) is 14.9. The lowest BCUT2D eigenvalue weighted by atomic mass is 10.0. The number of aromatic nitrogens is 2. The first kappa shape index (κ1) is 27.1. The highest BCUT2D eigenvalue weighted by Gasteiger charge is 2.81. The SMILES string of the molecule is O=c1[nH]c(=O)n([C@@H]2O[C@H](CO)[C@@H](O)[C@@H]2O)cc1COCC(F)(F)C(F)(F)C(F)(F)C(F)(F)F. The van der Waals surface area contributed by atoms with E-state index in [-0.39, 0.29) is 0 Å². The van der Waals surface area contributed by atoms with Crippen LogP contribution in [0.1, 0.15) is 11.8 Å². The minimum atomic E-state index is -7.11. The summed E-state index contributed by atoms with van der Waals surface area (Å²) in [5.41, 5.74) is -3.42. The molecule has 33 heavy (non-hydrogen) atoms. The quantitative estimate of drug-likeness (QED) is 0.369. The zero-order valence-electron chi connectivity index (χ0n) is 15.8. The molecule has 1 fully saturated rings. The minimum absolute atomic E-state index is 0.411. The van der Waals surface area contributed by atoms with Gasteiger partial charge in [0.15, 0.2) is 6.23 Å². The molecule has 4 atom stereocenters. The number of rotatable bonds is 8. The molecule has 2 rings (SSSR count). The Morgan fingerprint density at radius 1 is 1.00 bits per heavy atom. The Labute approximate surface area is 176 Å². The molecule has 0 aliphatic carbocycles. The molecule has 0 bridgehead atoms. The Morgan fingerprint density at radius 3 is 2.06 bits per heavy atom. The fraction of sp³-hybridized carbons (Fsp3) is 0.733. The van der Waals surface area contributed by atoms with E-state index in [0.717, 1.165) is 0 Å². The summed E-state index contributed by atoms with van der Waals surface area (Å²) < 4.78 is 125. The lowest BCUT2D eigenvalue weighted by molar-refractivity contribution is -0.400. The Balaban J connectivity index is 2.22. The van der Waals surface area contributed by atoms with E-state index in [0.29, 0.717) is 10.8 Å². The summed E-state index contributed by atoms with van der Waals surface area (Å²) in [6.45, 7) is -4.87. The van der Waals surface area contributed by atoms with Crippen molar-refractivity contribution in [3.63, 3.8) is 0 Å². The van der Waals surface area contributed by atoms with Crippen LogP contribution in [0.4, 0.5) is 39.5 Å². The molecule has 190 valence electrons. The standard InChI is InChI=1S/C15H15F9N2O7/c16-12(17,13(18,19)14(20,21)15(22,23)24)4-32-3-5-1-26(11(31)25-9(5)30)10-8(29)7(28)6(2-27)33-10/h1,6-8,10,27-29H,2-4H2,(H,25,30,31)/t6-,7-,8+,10-/m1/s1. The number of nitrogens with zero attached hydrogens (tertiary/aromatic N) is 1. The first-order valence-corrected chi connectivity index (χ1v) is 8.63. The molecule has 9 nitrogen and oxygen atoms in total. The number of aromatic amines is 1. The fourth-order valence-corrected chi connectivity index (χ4v) is 2.72. The molecular weight excluding hydrogens is 491 g/mol. The van der Waals surface area contributed by atoms with Crippen molar-refractivity contribution in [2.75, 3.05) is 13.2 Å². The van der Waals surface area contributed by atoms with Gasteiger partial charge in [0.25, 0.3) is 5.56 Å². The van der Waals surface area contributed by atoms with Crippen molar-refractivity contribution in [1.29, 1.82) is 0 Å². The minimum Gasteiger partial charge on any atom is -0.394 e. The Bertz CT molecular complexity index is 962. The van der Waals surface area contributed by atoms with Gasteiger partial charge in [-0.2, -0.15) is 39.5 Å². The van der Waals surface area contributed by atoms with Crippen molar-refractivity contribution in [2.45, 2.75) is 55.1 Å². The van der Waals surface area contributed by atoms with E-state index in [1.165, 1.54) is 0 Å². The average Bonchev–Trinajstić information content (AvgIpc) is 2.96. The Hall–Kier alpha value is -2.15. The van der Waals surface area contributed by atoms with Crippen molar-refractivity contribution in [3.8, 4) is 0 Å². The molecule has 0 aromatic carbocycles. The molecule has 1 aliphatic heterocycles. The van der Waals surface area contributed by atoms with Crippen molar-refractivity contribution in [2.24, 2.45) is 0 Å². The number of ether oxygens (including phenoxy) is 2. The summed E-state index contributed by atoms with van der Waals surface area (Å²) >= 11 is 0. The molecular formula is C15H15F9N2O7. The van der Waals surface area contributed by atoms with E-state index in [2.05, 4.69) is 4.74 Å². The van der Waals surface area contributed by atoms with Crippen LogP contribution in [0.5, 0.6) is 0 Å². The maximum Gasteiger partial charge on any atom is 0.460 e. The highest BCUT2D eigenvalue weighted by Crippen LogP contribution is 2.53. The predicted octanol–water partition coefficient (Wildman–Crippen LogP) is 0.133. The number of nitrogens with one attached hydrogen (secondary N) is 1. The van der Waals surface area contributed by atoms with Crippen LogP contribution < -0.4 is 11.2 Å². The topological polar surface area (TPSA) is 134 Å². The van der Waals surface area contributed by atoms with E-state index in [4.69, 9.17) is 9.84 Å². The monoisotopic (exact) mass is 506 g/mol. The van der Waals surface area contributed by atoms with E-state index in [1.54, 1.807) is 4.98 Å². The van der Waals surface area contributed by atoms with Crippen LogP contribution in [0.15, 0.2) is 15.8 Å². The van der Waals surface area contributed by atoms with Crippen molar-refractivity contribution < 1.29 is 64.3 Å².